The Morgan fingerprint density at radius 1 is 1.12 bits per heavy atom. The third-order valence-electron chi connectivity index (χ3n) is 4.66. The summed E-state index contributed by atoms with van der Waals surface area (Å²) in [6.07, 6.45) is 6.89. The van der Waals surface area contributed by atoms with Gasteiger partial charge in [0.2, 0.25) is 0 Å². The monoisotopic (exact) mass is 358 g/mol. The van der Waals surface area contributed by atoms with Crippen molar-refractivity contribution in [2.45, 2.75) is 18.9 Å². The number of methoxy groups -OCH3 is 2. The lowest BCUT2D eigenvalue weighted by Gasteiger charge is -2.39. The molecule has 5 nitrogen and oxygen atoms in total. The average molecular weight is 358 g/mol. The van der Waals surface area contributed by atoms with E-state index in [2.05, 4.69) is 0 Å². The molecule has 0 aromatic heterocycles. The topological polar surface area (TPSA) is 61.8 Å². The van der Waals surface area contributed by atoms with Crippen LogP contribution in [0.25, 0.3) is 0 Å². The Bertz CT molecular complexity index is 788. The van der Waals surface area contributed by atoms with Gasteiger partial charge in [0.1, 0.15) is 17.7 Å². The van der Waals surface area contributed by atoms with Gasteiger partial charge in [-0.15, -0.1) is 0 Å². The van der Waals surface area contributed by atoms with Crippen LogP contribution in [0, 0.1) is 11.2 Å². The maximum atomic E-state index is 13.3. The summed E-state index contributed by atoms with van der Waals surface area (Å²) >= 11 is 0. The molecule has 0 spiro atoms. The van der Waals surface area contributed by atoms with E-state index in [4.69, 9.17) is 14.2 Å². The molecule has 6 heteroatoms. The molecule has 1 heterocycles. The standard InChI is InChI=1S/C20H19FO5/c1-24-18(22)20(19(23)25-2)12-17(13-8-10-14(21)11-9-13)26-16-7-5-3-4-6-15(16)20/h3-6,8-11,17H,7,12H2,1-2H3. The van der Waals surface area contributed by atoms with Gasteiger partial charge in [-0.25, -0.2) is 4.39 Å². The van der Waals surface area contributed by atoms with Gasteiger partial charge >= 0.3 is 11.9 Å². The van der Waals surface area contributed by atoms with E-state index >= 15 is 0 Å². The van der Waals surface area contributed by atoms with E-state index < -0.39 is 23.5 Å². The molecule has 0 N–H and O–H groups in total. The van der Waals surface area contributed by atoms with Gasteiger partial charge in [-0.05, 0) is 17.7 Å². The third-order valence-corrected chi connectivity index (χ3v) is 4.66. The van der Waals surface area contributed by atoms with Gasteiger partial charge in [-0.1, -0.05) is 36.4 Å². The maximum Gasteiger partial charge on any atom is 0.328 e. The Labute approximate surface area is 150 Å². The Morgan fingerprint density at radius 3 is 2.38 bits per heavy atom. The SMILES string of the molecule is COC(=O)C1(C(=O)OC)CC(c2ccc(F)cc2)OC2=C1C=CC=CC2. The number of hydrogen-bond acceptors (Lipinski definition) is 5. The predicted octanol–water partition coefficient (Wildman–Crippen LogP) is 3.39. The largest absolute Gasteiger partial charge is 0.489 e. The Balaban J connectivity index is 2.16. The zero-order chi connectivity index (χ0) is 18.7. The first-order valence-corrected chi connectivity index (χ1v) is 8.18. The fraction of sp³-hybridized carbons (Fsp3) is 0.300. The summed E-state index contributed by atoms with van der Waals surface area (Å²) in [6.45, 7) is 0. The van der Waals surface area contributed by atoms with Crippen LogP contribution in [0.1, 0.15) is 24.5 Å². The highest BCUT2D eigenvalue weighted by Gasteiger charge is 2.56. The lowest BCUT2D eigenvalue weighted by Crippen LogP contribution is -2.46. The van der Waals surface area contributed by atoms with Gasteiger partial charge in [0.15, 0.2) is 5.41 Å². The molecule has 136 valence electrons. The van der Waals surface area contributed by atoms with Gasteiger partial charge in [-0.2, -0.15) is 0 Å². The number of halogens is 1. The van der Waals surface area contributed by atoms with E-state index in [1.54, 1.807) is 24.3 Å². The summed E-state index contributed by atoms with van der Waals surface area (Å²) < 4.78 is 29.3. The number of esters is 2. The van der Waals surface area contributed by atoms with Gasteiger partial charge in [0, 0.05) is 18.4 Å². The highest BCUT2D eigenvalue weighted by atomic mass is 19.1. The van der Waals surface area contributed by atoms with Crippen LogP contribution in [-0.4, -0.2) is 26.2 Å². The van der Waals surface area contributed by atoms with Crippen LogP contribution in [0.2, 0.25) is 0 Å². The first-order valence-electron chi connectivity index (χ1n) is 8.18. The summed E-state index contributed by atoms with van der Waals surface area (Å²) in [5.74, 6) is -1.30. The van der Waals surface area contributed by atoms with Crippen LogP contribution in [0.15, 0.2) is 59.9 Å². The maximum absolute atomic E-state index is 13.3. The molecule has 1 aromatic rings. The third kappa shape index (κ3) is 2.92. The number of carbonyl (C=O) groups excluding carboxylic acids is 2. The van der Waals surface area contributed by atoms with E-state index in [-0.39, 0.29) is 12.2 Å². The highest BCUT2D eigenvalue weighted by Crippen LogP contribution is 2.49. The molecule has 0 bridgehead atoms. The summed E-state index contributed by atoms with van der Waals surface area (Å²) in [7, 11) is 2.46. The van der Waals surface area contributed by atoms with Crippen molar-refractivity contribution in [1.82, 2.24) is 0 Å². The first kappa shape index (κ1) is 17.9. The number of carbonyl (C=O) groups is 2. The molecule has 26 heavy (non-hydrogen) atoms. The quantitative estimate of drug-likeness (QED) is 0.612. The first-order chi connectivity index (χ1) is 12.5. The molecule has 1 atom stereocenters. The minimum absolute atomic E-state index is 0.00114. The van der Waals surface area contributed by atoms with Gasteiger partial charge in [0.05, 0.1) is 14.2 Å². The van der Waals surface area contributed by atoms with E-state index in [0.717, 1.165) is 0 Å². The molecular weight excluding hydrogens is 339 g/mol. The smallest absolute Gasteiger partial charge is 0.328 e. The van der Waals surface area contributed by atoms with Gasteiger partial charge < -0.3 is 14.2 Å². The molecule has 0 saturated carbocycles. The molecule has 1 aromatic carbocycles. The Hall–Kier alpha value is -2.89. The average Bonchev–Trinajstić information content (AvgIpc) is 2.92. The minimum Gasteiger partial charge on any atom is -0.489 e. The second kappa shape index (κ2) is 7.15. The molecule has 1 aliphatic carbocycles. The Kier molecular flexibility index (Phi) is 4.93. The highest BCUT2D eigenvalue weighted by molar-refractivity contribution is 6.04. The predicted molar refractivity (Wildman–Crippen MR) is 91.2 cm³/mol. The molecule has 1 unspecified atom stereocenters. The summed E-state index contributed by atoms with van der Waals surface area (Å²) in [4.78, 5) is 25.5. The van der Waals surface area contributed by atoms with Crippen molar-refractivity contribution in [3.63, 3.8) is 0 Å². The summed E-state index contributed by atoms with van der Waals surface area (Å²) in [5.41, 5.74) is -0.551. The van der Waals surface area contributed by atoms with E-state index in [9.17, 15) is 14.0 Å². The van der Waals surface area contributed by atoms with Crippen molar-refractivity contribution >= 4 is 11.9 Å². The molecule has 0 fully saturated rings. The molecule has 3 rings (SSSR count). The van der Waals surface area contributed by atoms with Crippen molar-refractivity contribution in [3.8, 4) is 0 Å². The molecule has 0 amide bonds. The van der Waals surface area contributed by atoms with Crippen molar-refractivity contribution in [1.29, 1.82) is 0 Å². The molecule has 2 aliphatic rings. The normalized spacial score (nSPS) is 20.7. The lowest BCUT2D eigenvalue weighted by atomic mass is 9.71. The van der Waals surface area contributed by atoms with E-state index in [1.807, 2.05) is 12.2 Å². The molecular formula is C20H19FO5. The van der Waals surface area contributed by atoms with Crippen molar-refractivity contribution in [2.24, 2.45) is 5.41 Å². The number of allylic oxidation sites excluding steroid dienone is 4. The second-order valence-corrected chi connectivity index (χ2v) is 6.08. The zero-order valence-corrected chi connectivity index (χ0v) is 14.5. The van der Waals surface area contributed by atoms with Crippen molar-refractivity contribution < 1.29 is 28.2 Å². The number of benzene rings is 1. The van der Waals surface area contributed by atoms with Gasteiger partial charge in [0.25, 0.3) is 0 Å². The molecule has 0 saturated heterocycles. The minimum atomic E-state index is -1.64. The number of hydrogen-bond donors (Lipinski definition) is 0. The summed E-state index contributed by atoms with van der Waals surface area (Å²) in [5, 5.41) is 0. The second-order valence-electron chi connectivity index (χ2n) is 6.08. The number of ether oxygens (including phenoxy) is 3. The van der Waals surface area contributed by atoms with E-state index in [1.165, 1.54) is 26.4 Å². The molecule has 1 aliphatic heterocycles. The van der Waals surface area contributed by atoms with Gasteiger partial charge in [-0.3, -0.25) is 9.59 Å². The fourth-order valence-corrected chi connectivity index (χ4v) is 3.38. The van der Waals surface area contributed by atoms with Crippen molar-refractivity contribution in [3.05, 3.63) is 71.3 Å². The fourth-order valence-electron chi connectivity index (χ4n) is 3.38. The number of rotatable bonds is 3. The van der Waals surface area contributed by atoms with Crippen LogP contribution in [0.4, 0.5) is 4.39 Å². The summed E-state index contributed by atoms with van der Waals surface area (Å²) in [6, 6.07) is 5.78. The van der Waals surface area contributed by atoms with Crippen LogP contribution in [0.5, 0.6) is 0 Å². The molecule has 0 radical (unpaired) electrons. The van der Waals surface area contributed by atoms with Crippen LogP contribution in [-0.2, 0) is 23.8 Å². The van der Waals surface area contributed by atoms with E-state index in [0.29, 0.717) is 23.3 Å². The Morgan fingerprint density at radius 2 is 1.77 bits per heavy atom. The lowest BCUT2D eigenvalue weighted by molar-refractivity contribution is -0.170. The van der Waals surface area contributed by atoms with Crippen LogP contribution >= 0.6 is 0 Å². The van der Waals surface area contributed by atoms with Crippen molar-refractivity contribution in [2.75, 3.05) is 14.2 Å². The van der Waals surface area contributed by atoms with Crippen LogP contribution in [0.3, 0.4) is 0 Å². The zero-order valence-electron chi connectivity index (χ0n) is 14.5. The van der Waals surface area contributed by atoms with Crippen LogP contribution < -0.4 is 0 Å².